The first kappa shape index (κ1) is 19.7. The van der Waals surface area contributed by atoms with Gasteiger partial charge in [-0.25, -0.2) is 0 Å². The molecule has 0 aliphatic carbocycles. The van der Waals surface area contributed by atoms with E-state index in [1.165, 1.54) is 0 Å². The van der Waals surface area contributed by atoms with Crippen LogP contribution in [0.1, 0.15) is 58.8 Å². The zero-order chi connectivity index (χ0) is 16.3. The van der Waals surface area contributed by atoms with Crippen molar-refractivity contribution in [2.75, 3.05) is 26.7 Å². The number of amides is 1. The predicted octanol–water partition coefficient (Wildman–Crippen LogP) is 2.58. The zero-order valence-electron chi connectivity index (χ0n) is 14.5. The number of carbonyl (C=O) groups excluding carboxylic acids is 2. The number of aromatic amines is 1. The number of halogens is 1. The Morgan fingerprint density at radius 2 is 2.09 bits per heavy atom. The molecule has 1 saturated heterocycles. The molecule has 1 aromatic rings. The Hall–Kier alpha value is -1.33. The molecule has 2 rings (SSSR count). The van der Waals surface area contributed by atoms with E-state index in [0.29, 0.717) is 17.2 Å². The van der Waals surface area contributed by atoms with Crippen molar-refractivity contribution in [1.29, 1.82) is 0 Å². The minimum Gasteiger partial charge on any atom is -0.354 e. The number of aryl methyl sites for hydroxylation is 1. The van der Waals surface area contributed by atoms with Crippen LogP contribution in [0.25, 0.3) is 0 Å². The maximum absolute atomic E-state index is 12.8. The Kier molecular flexibility index (Phi) is 7.29. The van der Waals surface area contributed by atoms with E-state index in [0.717, 1.165) is 50.2 Å². The number of carbonyl (C=O) groups is 2. The van der Waals surface area contributed by atoms with Gasteiger partial charge in [0.1, 0.15) is 5.69 Å². The minimum atomic E-state index is 0. The molecule has 0 aromatic carbocycles. The van der Waals surface area contributed by atoms with Crippen LogP contribution >= 0.6 is 12.4 Å². The van der Waals surface area contributed by atoms with Crippen LogP contribution in [0.15, 0.2) is 0 Å². The van der Waals surface area contributed by atoms with Crippen molar-refractivity contribution < 1.29 is 9.59 Å². The Labute approximate surface area is 144 Å². The van der Waals surface area contributed by atoms with Gasteiger partial charge in [0.05, 0.1) is 0 Å². The summed E-state index contributed by atoms with van der Waals surface area (Å²) in [6.07, 6.45) is 2.71. The van der Waals surface area contributed by atoms with Crippen molar-refractivity contribution in [1.82, 2.24) is 15.2 Å². The first-order valence-corrected chi connectivity index (χ1v) is 8.15. The minimum absolute atomic E-state index is 0. The Morgan fingerprint density at radius 3 is 2.65 bits per heavy atom. The Bertz CT molecular complexity index is 568. The van der Waals surface area contributed by atoms with Crippen LogP contribution in [0.3, 0.4) is 0 Å². The maximum Gasteiger partial charge on any atom is 0.270 e. The second kappa shape index (κ2) is 8.50. The van der Waals surface area contributed by atoms with Gasteiger partial charge < -0.3 is 15.2 Å². The molecule has 2 heterocycles. The number of likely N-dealkylation sites (tertiary alicyclic amines) is 1. The SMILES string of the molecule is CCCc1c(C(=O)N2CCC(CNC)C2)[nH]c(C)c1C(C)=O.Cl. The quantitative estimate of drug-likeness (QED) is 0.782. The molecule has 130 valence electrons. The van der Waals surface area contributed by atoms with E-state index < -0.39 is 0 Å². The van der Waals surface area contributed by atoms with Crippen LogP contribution in [0.5, 0.6) is 0 Å². The molecule has 23 heavy (non-hydrogen) atoms. The van der Waals surface area contributed by atoms with E-state index in [9.17, 15) is 9.59 Å². The fraction of sp³-hybridized carbons (Fsp3) is 0.647. The number of nitrogens with zero attached hydrogens (tertiary/aromatic N) is 1. The lowest BCUT2D eigenvalue weighted by Crippen LogP contribution is -2.31. The molecule has 2 N–H and O–H groups in total. The molecule has 1 atom stereocenters. The molecule has 5 nitrogen and oxygen atoms in total. The van der Waals surface area contributed by atoms with Gasteiger partial charge in [0, 0.05) is 24.3 Å². The van der Waals surface area contributed by atoms with E-state index in [4.69, 9.17) is 0 Å². The number of Topliss-reactive ketones (excluding diaryl/α,β-unsaturated/α-hetero) is 1. The molecule has 1 aromatic heterocycles. The fourth-order valence-corrected chi connectivity index (χ4v) is 3.47. The summed E-state index contributed by atoms with van der Waals surface area (Å²) in [6, 6.07) is 0. The van der Waals surface area contributed by atoms with Gasteiger partial charge in [-0.2, -0.15) is 0 Å². The summed E-state index contributed by atoms with van der Waals surface area (Å²) >= 11 is 0. The molecule has 0 bridgehead atoms. The second-order valence-corrected chi connectivity index (χ2v) is 6.25. The lowest BCUT2D eigenvalue weighted by Gasteiger charge is -2.17. The topological polar surface area (TPSA) is 65.2 Å². The summed E-state index contributed by atoms with van der Waals surface area (Å²) in [5, 5.41) is 3.18. The molecule has 1 aliphatic rings. The van der Waals surface area contributed by atoms with Gasteiger partial charge in [0.15, 0.2) is 5.78 Å². The van der Waals surface area contributed by atoms with Gasteiger partial charge in [-0.15, -0.1) is 12.4 Å². The smallest absolute Gasteiger partial charge is 0.270 e. The number of rotatable bonds is 6. The molecule has 6 heteroatoms. The first-order chi connectivity index (χ1) is 10.5. The summed E-state index contributed by atoms with van der Waals surface area (Å²) in [4.78, 5) is 29.8. The van der Waals surface area contributed by atoms with Gasteiger partial charge in [0.25, 0.3) is 5.91 Å². The number of ketones is 1. The van der Waals surface area contributed by atoms with Crippen molar-refractivity contribution in [3.05, 3.63) is 22.5 Å². The van der Waals surface area contributed by atoms with Crippen LogP contribution in [0.4, 0.5) is 0 Å². The average Bonchev–Trinajstić information content (AvgIpc) is 3.04. The number of nitrogens with one attached hydrogen (secondary N) is 2. The zero-order valence-corrected chi connectivity index (χ0v) is 15.3. The third-order valence-electron chi connectivity index (χ3n) is 4.42. The number of aromatic nitrogens is 1. The van der Waals surface area contributed by atoms with E-state index in [1.54, 1.807) is 6.92 Å². The fourth-order valence-electron chi connectivity index (χ4n) is 3.47. The van der Waals surface area contributed by atoms with Crippen LogP contribution in [-0.4, -0.2) is 48.3 Å². The van der Waals surface area contributed by atoms with Gasteiger partial charge >= 0.3 is 0 Å². The first-order valence-electron chi connectivity index (χ1n) is 8.15. The highest BCUT2D eigenvalue weighted by molar-refractivity contribution is 6.02. The molecule has 0 saturated carbocycles. The van der Waals surface area contributed by atoms with Crippen molar-refractivity contribution in [3.8, 4) is 0 Å². The highest BCUT2D eigenvalue weighted by Crippen LogP contribution is 2.25. The largest absolute Gasteiger partial charge is 0.354 e. The summed E-state index contributed by atoms with van der Waals surface area (Å²) in [7, 11) is 1.94. The summed E-state index contributed by atoms with van der Waals surface area (Å²) < 4.78 is 0. The molecule has 1 fully saturated rings. The highest BCUT2D eigenvalue weighted by Gasteiger charge is 2.30. The number of hydrogen-bond acceptors (Lipinski definition) is 3. The molecular weight excluding hydrogens is 314 g/mol. The summed E-state index contributed by atoms with van der Waals surface area (Å²) in [5.41, 5.74) is 3.03. The van der Waals surface area contributed by atoms with Crippen molar-refractivity contribution >= 4 is 24.1 Å². The average molecular weight is 342 g/mol. The molecule has 1 aliphatic heterocycles. The summed E-state index contributed by atoms with van der Waals surface area (Å²) in [5.74, 6) is 0.593. The van der Waals surface area contributed by atoms with Gasteiger partial charge in [-0.05, 0) is 51.8 Å². The monoisotopic (exact) mass is 341 g/mol. The normalized spacial score (nSPS) is 17.2. The van der Waals surface area contributed by atoms with E-state index >= 15 is 0 Å². The van der Waals surface area contributed by atoms with E-state index in [1.807, 2.05) is 18.9 Å². The molecule has 0 spiro atoms. The standard InChI is InChI=1S/C17H27N3O2.ClH/c1-5-6-14-15(12(3)21)11(2)19-16(14)17(22)20-8-7-13(10-20)9-18-4;/h13,18-19H,5-10H2,1-4H3;1H. The predicted molar refractivity (Wildman–Crippen MR) is 94.7 cm³/mol. The van der Waals surface area contributed by atoms with Crippen molar-refractivity contribution in [2.24, 2.45) is 5.92 Å². The van der Waals surface area contributed by atoms with Gasteiger partial charge in [0.2, 0.25) is 0 Å². The molecule has 0 radical (unpaired) electrons. The highest BCUT2D eigenvalue weighted by atomic mass is 35.5. The number of hydrogen-bond donors (Lipinski definition) is 2. The summed E-state index contributed by atoms with van der Waals surface area (Å²) in [6.45, 7) is 8.04. The Balaban J connectivity index is 0.00000264. The van der Waals surface area contributed by atoms with Crippen LogP contribution in [-0.2, 0) is 6.42 Å². The third kappa shape index (κ3) is 4.15. The number of H-pyrrole nitrogens is 1. The third-order valence-corrected chi connectivity index (χ3v) is 4.42. The van der Waals surface area contributed by atoms with E-state index in [2.05, 4.69) is 17.2 Å². The Morgan fingerprint density at radius 1 is 1.39 bits per heavy atom. The molecular formula is C17H28ClN3O2. The van der Waals surface area contributed by atoms with Crippen molar-refractivity contribution in [2.45, 2.75) is 40.0 Å². The van der Waals surface area contributed by atoms with Crippen LogP contribution in [0.2, 0.25) is 0 Å². The van der Waals surface area contributed by atoms with Crippen LogP contribution < -0.4 is 5.32 Å². The van der Waals surface area contributed by atoms with Gasteiger partial charge in [-0.1, -0.05) is 13.3 Å². The van der Waals surface area contributed by atoms with Gasteiger partial charge in [-0.3, -0.25) is 9.59 Å². The lowest BCUT2D eigenvalue weighted by molar-refractivity contribution is 0.0781. The van der Waals surface area contributed by atoms with Crippen molar-refractivity contribution in [3.63, 3.8) is 0 Å². The molecule has 1 unspecified atom stereocenters. The second-order valence-electron chi connectivity index (χ2n) is 6.25. The molecule has 1 amide bonds. The van der Waals surface area contributed by atoms with Crippen LogP contribution in [0, 0.1) is 12.8 Å². The maximum atomic E-state index is 12.8. The lowest BCUT2D eigenvalue weighted by atomic mass is 10.0. The van der Waals surface area contributed by atoms with E-state index in [-0.39, 0.29) is 24.1 Å².